The average Bonchev–Trinajstić information content (AvgIpc) is 2.25. The maximum absolute atomic E-state index is 11.6. The van der Waals surface area contributed by atoms with E-state index in [0.29, 0.717) is 11.3 Å². The molecule has 0 aromatic heterocycles. The molecule has 0 saturated heterocycles. The number of nitrogens with zero attached hydrogens (tertiary/aromatic N) is 1. The molecule has 0 bridgehead atoms. The highest BCUT2D eigenvalue weighted by Crippen LogP contribution is 2.20. The number of rotatable bonds is 4. The normalized spacial score (nSPS) is 11.9. The fraction of sp³-hybridized carbons (Fsp3) is 0.462. The van der Waals surface area contributed by atoms with Crippen LogP contribution in [0.15, 0.2) is 18.2 Å². The molecule has 0 fully saturated rings. The Morgan fingerprint density at radius 3 is 2.50 bits per heavy atom. The largest absolute Gasteiger partial charge is 0.382 e. The van der Waals surface area contributed by atoms with E-state index in [1.165, 1.54) is 6.26 Å². The van der Waals surface area contributed by atoms with E-state index in [4.69, 9.17) is 5.26 Å². The summed E-state index contributed by atoms with van der Waals surface area (Å²) in [6, 6.07) is 7.51. The molecule has 1 rings (SSSR count). The highest BCUT2D eigenvalue weighted by atomic mass is 32.2. The van der Waals surface area contributed by atoms with Crippen LogP contribution in [0.2, 0.25) is 0 Å². The lowest BCUT2D eigenvalue weighted by atomic mass is 10.1. The van der Waals surface area contributed by atoms with Gasteiger partial charge in [-0.05, 0) is 38.5 Å². The zero-order valence-corrected chi connectivity index (χ0v) is 11.9. The van der Waals surface area contributed by atoms with Crippen LogP contribution in [0.25, 0.3) is 0 Å². The molecule has 1 aromatic rings. The van der Waals surface area contributed by atoms with Gasteiger partial charge >= 0.3 is 0 Å². The van der Waals surface area contributed by atoms with Gasteiger partial charge in [-0.3, -0.25) is 0 Å². The summed E-state index contributed by atoms with van der Waals surface area (Å²) in [5.74, 6) is 0. The number of nitrogens with one attached hydrogen (secondary N) is 1. The van der Waals surface area contributed by atoms with Gasteiger partial charge in [0.2, 0.25) is 0 Å². The van der Waals surface area contributed by atoms with Gasteiger partial charge in [0.15, 0.2) is 9.84 Å². The predicted octanol–water partition coefficient (Wildman–Crippen LogP) is 2.10. The first-order chi connectivity index (χ1) is 8.17. The Morgan fingerprint density at radius 1 is 1.39 bits per heavy atom. The number of hydrogen-bond acceptors (Lipinski definition) is 4. The van der Waals surface area contributed by atoms with E-state index in [2.05, 4.69) is 11.4 Å². The van der Waals surface area contributed by atoms with Gasteiger partial charge in [0.05, 0.1) is 16.0 Å². The van der Waals surface area contributed by atoms with Gasteiger partial charge in [0.25, 0.3) is 0 Å². The van der Waals surface area contributed by atoms with Gasteiger partial charge in [-0.2, -0.15) is 5.26 Å². The molecule has 18 heavy (non-hydrogen) atoms. The van der Waals surface area contributed by atoms with Crippen molar-refractivity contribution in [2.45, 2.75) is 25.5 Å². The second kappa shape index (κ2) is 4.99. The molecule has 0 heterocycles. The third-order valence-electron chi connectivity index (χ3n) is 3.00. The zero-order chi connectivity index (χ0) is 14.0. The third kappa shape index (κ3) is 3.23. The molecule has 0 unspecified atom stereocenters. The molecular formula is C13H18N2O2S. The molecule has 0 atom stereocenters. The minimum Gasteiger partial charge on any atom is -0.382 e. The molecule has 1 N–H and O–H groups in total. The second-order valence-electron chi connectivity index (χ2n) is 5.05. The lowest BCUT2D eigenvalue weighted by Gasteiger charge is -2.23. The van der Waals surface area contributed by atoms with Gasteiger partial charge in [-0.1, -0.05) is 6.07 Å². The summed E-state index contributed by atoms with van der Waals surface area (Å²) >= 11 is 0. The highest BCUT2D eigenvalue weighted by Gasteiger charge is 2.29. The fourth-order valence-corrected chi connectivity index (χ4v) is 1.68. The van der Waals surface area contributed by atoms with Crippen molar-refractivity contribution in [1.82, 2.24) is 0 Å². The lowest BCUT2D eigenvalue weighted by molar-refractivity contribution is 0.560. The minimum absolute atomic E-state index is 0.268. The SMILES string of the molecule is Cc1ccc(C#N)c(NCC(C)(C)S(C)(=O)=O)c1. The number of nitriles is 1. The number of aryl methyl sites for hydroxylation is 1. The Hall–Kier alpha value is -1.54. The van der Waals surface area contributed by atoms with Crippen LogP contribution in [-0.2, 0) is 9.84 Å². The number of sulfone groups is 1. The van der Waals surface area contributed by atoms with Crippen molar-refractivity contribution >= 4 is 15.5 Å². The number of hydrogen-bond donors (Lipinski definition) is 1. The van der Waals surface area contributed by atoms with E-state index < -0.39 is 14.6 Å². The first-order valence-corrected chi connectivity index (χ1v) is 7.51. The molecule has 4 nitrogen and oxygen atoms in total. The van der Waals surface area contributed by atoms with Crippen molar-refractivity contribution in [1.29, 1.82) is 5.26 Å². The van der Waals surface area contributed by atoms with Crippen LogP contribution in [0.5, 0.6) is 0 Å². The zero-order valence-electron chi connectivity index (χ0n) is 11.1. The van der Waals surface area contributed by atoms with E-state index in [-0.39, 0.29) is 6.54 Å². The predicted molar refractivity (Wildman–Crippen MR) is 73.3 cm³/mol. The molecule has 0 radical (unpaired) electrons. The molecule has 98 valence electrons. The van der Waals surface area contributed by atoms with Crippen molar-refractivity contribution in [3.05, 3.63) is 29.3 Å². The summed E-state index contributed by atoms with van der Waals surface area (Å²) in [7, 11) is -3.15. The van der Waals surface area contributed by atoms with Crippen molar-refractivity contribution in [3.8, 4) is 6.07 Å². The summed E-state index contributed by atoms with van der Waals surface area (Å²) in [6.45, 7) is 5.52. The van der Waals surface area contributed by atoms with Crippen LogP contribution in [0.4, 0.5) is 5.69 Å². The van der Waals surface area contributed by atoms with Gasteiger partial charge < -0.3 is 5.32 Å². The molecule has 0 spiro atoms. The summed E-state index contributed by atoms with van der Waals surface area (Å²) in [5.41, 5.74) is 2.22. The van der Waals surface area contributed by atoms with Gasteiger partial charge in [-0.15, -0.1) is 0 Å². The van der Waals surface area contributed by atoms with Gasteiger partial charge in [-0.25, -0.2) is 8.42 Å². The fourth-order valence-electron chi connectivity index (χ4n) is 1.34. The Morgan fingerprint density at radius 2 is 2.00 bits per heavy atom. The van der Waals surface area contributed by atoms with E-state index in [0.717, 1.165) is 5.56 Å². The maximum atomic E-state index is 11.6. The van der Waals surface area contributed by atoms with E-state index in [1.807, 2.05) is 19.1 Å². The topological polar surface area (TPSA) is 70.0 Å². The van der Waals surface area contributed by atoms with Crippen LogP contribution in [0.1, 0.15) is 25.0 Å². The Balaban J connectivity index is 2.95. The van der Waals surface area contributed by atoms with Crippen LogP contribution >= 0.6 is 0 Å². The molecule has 0 aliphatic rings. The first-order valence-electron chi connectivity index (χ1n) is 5.61. The first kappa shape index (κ1) is 14.5. The second-order valence-corrected chi connectivity index (χ2v) is 7.70. The van der Waals surface area contributed by atoms with Crippen LogP contribution in [0.3, 0.4) is 0 Å². The standard InChI is InChI=1S/C13H18N2O2S/c1-10-5-6-11(8-14)12(7-10)15-9-13(2,3)18(4,16)17/h5-7,15H,9H2,1-4H3. The van der Waals surface area contributed by atoms with Gasteiger partial charge in [0, 0.05) is 12.8 Å². The highest BCUT2D eigenvalue weighted by molar-refractivity contribution is 7.92. The monoisotopic (exact) mass is 266 g/mol. The quantitative estimate of drug-likeness (QED) is 0.906. The van der Waals surface area contributed by atoms with Crippen molar-refractivity contribution in [3.63, 3.8) is 0 Å². The minimum atomic E-state index is -3.15. The summed E-state index contributed by atoms with van der Waals surface area (Å²) in [5, 5.41) is 12.0. The molecule has 1 aromatic carbocycles. The number of benzene rings is 1. The third-order valence-corrected chi connectivity index (χ3v) is 5.16. The summed E-state index contributed by atoms with van der Waals surface area (Å²) < 4.78 is 22.3. The number of anilines is 1. The van der Waals surface area contributed by atoms with E-state index in [9.17, 15) is 8.42 Å². The molecule has 0 aliphatic carbocycles. The smallest absolute Gasteiger partial charge is 0.154 e. The van der Waals surface area contributed by atoms with Crippen LogP contribution in [-0.4, -0.2) is 26.0 Å². The molecular weight excluding hydrogens is 248 g/mol. The Bertz CT molecular complexity index is 583. The lowest BCUT2D eigenvalue weighted by Crippen LogP contribution is -2.38. The van der Waals surface area contributed by atoms with E-state index in [1.54, 1.807) is 19.9 Å². The molecule has 0 amide bonds. The molecule has 0 saturated carbocycles. The van der Waals surface area contributed by atoms with Crippen molar-refractivity contribution in [2.75, 3.05) is 18.1 Å². The van der Waals surface area contributed by atoms with Crippen LogP contribution < -0.4 is 5.32 Å². The Labute approximate surface area is 109 Å². The summed E-state index contributed by atoms with van der Waals surface area (Å²) in [6.07, 6.45) is 1.22. The molecule has 0 aliphatic heterocycles. The average molecular weight is 266 g/mol. The van der Waals surface area contributed by atoms with E-state index >= 15 is 0 Å². The molecule has 5 heteroatoms. The van der Waals surface area contributed by atoms with Crippen LogP contribution in [0, 0.1) is 18.3 Å². The van der Waals surface area contributed by atoms with Gasteiger partial charge in [0.1, 0.15) is 6.07 Å². The summed E-state index contributed by atoms with van der Waals surface area (Å²) in [4.78, 5) is 0. The maximum Gasteiger partial charge on any atom is 0.154 e. The van der Waals surface area contributed by atoms with Crippen molar-refractivity contribution in [2.24, 2.45) is 0 Å². The Kier molecular flexibility index (Phi) is 4.02. The van der Waals surface area contributed by atoms with Crippen molar-refractivity contribution < 1.29 is 8.42 Å².